The summed E-state index contributed by atoms with van der Waals surface area (Å²) in [6.45, 7) is 0. The Hall–Kier alpha value is -4.80. The molecule has 38 heavy (non-hydrogen) atoms. The fraction of sp³-hybridized carbons (Fsp3) is 0.176. The van der Waals surface area contributed by atoms with Crippen LogP contribution in [0.3, 0.4) is 0 Å². The molecule has 0 unspecified atom stereocenters. The van der Waals surface area contributed by atoms with Gasteiger partial charge in [0.15, 0.2) is 11.1 Å². The number of nitrogens with zero attached hydrogens (tertiary/aromatic N) is 4. The lowest BCUT2D eigenvalue weighted by Crippen LogP contribution is -2.54. The first-order chi connectivity index (χ1) is 18.7. The van der Waals surface area contributed by atoms with Crippen molar-refractivity contribution in [1.29, 1.82) is 10.5 Å². The Bertz CT molecular complexity index is 1460. The van der Waals surface area contributed by atoms with E-state index in [-0.39, 0.29) is 11.8 Å². The maximum absolute atomic E-state index is 11.1. The first kappa shape index (κ1) is 23.6. The summed E-state index contributed by atoms with van der Waals surface area (Å²) < 4.78 is 0. The summed E-state index contributed by atoms with van der Waals surface area (Å²) in [6.07, 6.45) is 1.12. The Morgan fingerprint density at radius 3 is 1.13 bits per heavy atom. The summed E-state index contributed by atoms with van der Waals surface area (Å²) >= 11 is 0. The lowest BCUT2D eigenvalue weighted by molar-refractivity contribution is 0.291. The van der Waals surface area contributed by atoms with Crippen LogP contribution in [0.15, 0.2) is 131 Å². The molecular formula is C34H26N4. The Labute approximate surface area is 223 Å². The van der Waals surface area contributed by atoms with Crippen molar-refractivity contribution in [3.63, 3.8) is 0 Å². The molecule has 0 N–H and O–H groups in total. The Morgan fingerprint density at radius 2 is 0.816 bits per heavy atom. The average Bonchev–Trinajstić information content (AvgIpc) is 3.60. The Kier molecular flexibility index (Phi) is 5.95. The highest BCUT2D eigenvalue weighted by Crippen LogP contribution is 2.57. The third-order valence-electron chi connectivity index (χ3n) is 7.97. The minimum Gasteiger partial charge on any atom is -0.263 e. The van der Waals surface area contributed by atoms with E-state index < -0.39 is 11.1 Å². The van der Waals surface area contributed by atoms with Crippen molar-refractivity contribution in [2.24, 2.45) is 9.98 Å². The first-order valence-corrected chi connectivity index (χ1v) is 12.9. The van der Waals surface area contributed by atoms with E-state index in [4.69, 9.17) is 9.98 Å². The minimum atomic E-state index is -1.41. The molecule has 0 amide bonds. The van der Waals surface area contributed by atoms with Crippen molar-refractivity contribution in [2.45, 2.75) is 35.8 Å². The van der Waals surface area contributed by atoms with E-state index in [0.29, 0.717) is 12.8 Å². The summed E-state index contributed by atoms with van der Waals surface area (Å²) in [4.78, 5) is 10.4. The first-order valence-electron chi connectivity index (χ1n) is 12.9. The largest absolute Gasteiger partial charge is 0.263 e. The van der Waals surface area contributed by atoms with Crippen LogP contribution in [0, 0.1) is 22.7 Å². The van der Waals surface area contributed by atoms with Crippen molar-refractivity contribution in [1.82, 2.24) is 0 Å². The van der Waals surface area contributed by atoms with Crippen LogP contribution in [0.1, 0.15) is 46.9 Å². The van der Waals surface area contributed by atoms with Crippen molar-refractivity contribution in [3.8, 4) is 12.1 Å². The third-order valence-corrected chi connectivity index (χ3v) is 7.97. The molecule has 0 saturated carbocycles. The summed E-state index contributed by atoms with van der Waals surface area (Å²) in [7, 11) is 0. The summed E-state index contributed by atoms with van der Waals surface area (Å²) in [5.74, 6) is -0.651. The monoisotopic (exact) mass is 490 g/mol. The highest BCUT2D eigenvalue weighted by Gasteiger charge is 2.66. The molecule has 0 aromatic heterocycles. The predicted octanol–water partition coefficient (Wildman–Crippen LogP) is 6.86. The molecule has 2 aliphatic rings. The third kappa shape index (κ3) is 3.66. The highest BCUT2D eigenvalue weighted by atomic mass is 15.1. The van der Waals surface area contributed by atoms with Crippen molar-refractivity contribution in [3.05, 3.63) is 144 Å². The molecule has 0 fully saturated rings. The summed E-state index contributed by atoms with van der Waals surface area (Å²) in [6, 6.07) is 45.2. The van der Waals surface area contributed by atoms with Gasteiger partial charge in [0.2, 0.25) is 0 Å². The molecular weight excluding hydrogens is 464 g/mol. The van der Waals surface area contributed by atoms with Crippen LogP contribution in [0.4, 0.5) is 0 Å². The molecule has 4 nitrogen and oxygen atoms in total. The van der Waals surface area contributed by atoms with E-state index in [1.165, 1.54) is 0 Å². The van der Waals surface area contributed by atoms with Gasteiger partial charge < -0.3 is 0 Å². The van der Waals surface area contributed by atoms with E-state index in [9.17, 15) is 10.5 Å². The maximum atomic E-state index is 11.1. The topological polar surface area (TPSA) is 72.3 Å². The van der Waals surface area contributed by atoms with Gasteiger partial charge >= 0.3 is 0 Å². The second-order valence-electron chi connectivity index (χ2n) is 9.94. The molecule has 4 aromatic carbocycles. The molecule has 0 bridgehead atoms. The fourth-order valence-electron chi connectivity index (χ4n) is 6.15. The highest BCUT2D eigenvalue weighted by molar-refractivity contribution is 6.05. The predicted molar refractivity (Wildman–Crippen MR) is 150 cm³/mol. The number of rotatable bonds is 5. The second-order valence-corrected chi connectivity index (χ2v) is 9.94. The van der Waals surface area contributed by atoms with E-state index >= 15 is 0 Å². The van der Waals surface area contributed by atoms with Gasteiger partial charge in [0.25, 0.3) is 0 Å². The van der Waals surface area contributed by atoms with E-state index in [1.807, 2.05) is 121 Å². The van der Waals surface area contributed by atoms with Crippen LogP contribution in [-0.4, -0.2) is 22.5 Å². The van der Waals surface area contributed by atoms with Crippen LogP contribution in [-0.2, 0) is 0 Å². The van der Waals surface area contributed by atoms with Gasteiger partial charge in [0.05, 0.1) is 12.1 Å². The fourth-order valence-corrected chi connectivity index (χ4v) is 6.15. The lowest BCUT2D eigenvalue weighted by atomic mass is 9.62. The number of aliphatic imine (C=N–C) groups is 2. The molecule has 0 spiro atoms. The zero-order valence-electron chi connectivity index (χ0n) is 20.9. The zero-order valence-corrected chi connectivity index (χ0v) is 20.9. The van der Waals surface area contributed by atoms with Gasteiger partial charge in [-0.15, -0.1) is 0 Å². The van der Waals surface area contributed by atoms with Gasteiger partial charge in [-0.3, -0.25) is 9.98 Å². The van der Waals surface area contributed by atoms with Gasteiger partial charge in [0.1, 0.15) is 0 Å². The van der Waals surface area contributed by atoms with Gasteiger partial charge in [-0.25, -0.2) is 0 Å². The number of hydrogen-bond acceptors (Lipinski definition) is 4. The van der Waals surface area contributed by atoms with Gasteiger partial charge in [0, 0.05) is 36.1 Å². The molecule has 2 aliphatic heterocycles. The quantitative estimate of drug-likeness (QED) is 0.306. The second kappa shape index (κ2) is 9.58. The lowest BCUT2D eigenvalue weighted by Gasteiger charge is -2.40. The number of benzene rings is 4. The normalized spacial score (nSPS) is 26.2. The molecule has 0 aliphatic carbocycles. The van der Waals surface area contributed by atoms with Crippen molar-refractivity contribution >= 4 is 11.4 Å². The summed E-state index contributed by atoms with van der Waals surface area (Å²) in [5.41, 5.74) is 2.79. The van der Waals surface area contributed by atoms with E-state index in [0.717, 1.165) is 33.7 Å². The summed E-state index contributed by atoms with van der Waals surface area (Å²) in [5, 5.41) is 22.2. The molecule has 4 atom stereocenters. The minimum absolute atomic E-state index is 0.325. The van der Waals surface area contributed by atoms with Crippen LogP contribution in [0.2, 0.25) is 0 Å². The number of nitriles is 2. The standard InChI is InChI=1S/C34H26N4/c35-23-33(29(25-13-5-1-6-14-25)21-31(37-33)27-17-9-3-10-18-27)34(24-36)30(26-15-7-2-8-16-26)22-32(38-34)28-19-11-4-12-20-28/h1-20,29-30H,21-22H2/t29-,30-,33+,34+/m1/s1. The van der Waals surface area contributed by atoms with Crippen molar-refractivity contribution in [2.75, 3.05) is 0 Å². The van der Waals surface area contributed by atoms with Crippen LogP contribution < -0.4 is 0 Å². The zero-order chi connectivity index (χ0) is 26.0. The van der Waals surface area contributed by atoms with Gasteiger partial charge in [-0.1, -0.05) is 121 Å². The van der Waals surface area contributed by atoms with E-state index in [2.05, 4.69) is 12.1 Å². The van der Waals surface area contributed by atoms with Gasteiger partial charge in [-0.05, 0) is 22.3 Å². The van der Waals surface area contributed by atoms with Crippen LogP contribution in [0.5, 0.6) is 0 Å². The molecule has 6 rings (SSSR count). The molecule has 182 valence electrons. The van der Waals surface area contributed by atoms with Crippen LogP contribution in [0.25, 0.3) is 0 Å². The van der Waals surface area contributed by atoms with Crippen LogP contribution >= 0.6 is 0 Å². The van der Waals surface area contributed by atoms with Crippen molar-refractivity contribution < 1.29 is 0 Å². The maximum Gasteiger partial charge on any atom is 0.192 e. The Morgan fingerprint density at radius 1 is 0.500 bits per heavy atom. The molecule has 2 heterocycles. The SMILES string of the molecule is N#C[C@]1([C@@]2(C#N)N=C(c3ccccc3)C[C@@H]2c2ccccc2)N=C(c2ccccc2)C[C@@H]1c1ccccc1. The smallest absolute Gasteiger partial charge is 0.192 e. The average molecular weight is 491 g/mol. The number of hydrogen-bond donors (Lipinski definition) is 0. The molecule has 0 saturated heterocycles. The molecule has 0 radical (unpaired) electrons. The van der Waals surface area contributed by atoms with Gasteiger partial charge in [-0.2, -0.15) is 10.5 Å². The molecule has 4 heteroatoms. The Balaban J connectivity index is 1.63. The molecule has 4 aromatic rings. The van der Waals surface area contributed by atoms with E-state index in [1.54, 1.807) is 0 Å².